The Kier molecular flexibility index (Phi) is 4.51. The number of imidazole rings is 1. The van der Waals surface area contributed by atoms with Crippen LogP contribution in [-0.2, 0) is 9.59 Å². The minimum absolute atomic E-state index is 0.210. The van der Waals surface area contributed by atoms with Crippen molar-refractivity contribution in [3.05, 3.63) is 12.7 Å². The van der Waals surface area contributed by atoms with Gasteiger partial charge in [-0.25, -0.2) is 15.0 Å². The molecular weight excluding hydrogens is 282 g/mol. The first-order chi connectivity index (χ1) is 9.58. The van der Waals surface area contributed by atoms with Crippen molar-refractivity contribution < 1.29 is 14.7 Å². The first-order valence-electron chi connectivity index (χ1n) is 5.87. The summed E-state index contributed by atoms with van der Waals surface area (Å²) in [4.78, 5) is 37.2. The second kappa shape index (κ2) is 6.33. The van der Waals surface area contributed by atoms with Crippen molar-refractivity contribution in [3.8, 4) is 0 Å². The molecule has 20 heavy (non-hydrogen) atoms. The average Bonchev–Trinajstić information content (AvgIpc) is 2.87. The number of aliphatic carboxylic acids is 1. The van der Waals surface area contributed by atoms with Crippen LogP contribution in [0.4, 0.5) is 0 Å². The molecule has 0 aliphatic rings. The quantitative estimate of drug-likeness (QED) is 0.521. The van der Waals surface area contributed by atoms with E-state index in [1.807, 2.05) is 0 Å². The largest absolute Gasteiger partial charge is 0.480 e. The summed E-state index contributed by atoms with van der Waals surface area (Å²) < 4.78 is 0. The van der Waals surface area contributed by atoms with Crippen molar-refractivity contribution in [2.45, 2.75) is 24.4 Å². The monoisotopic (exact) mass is 295 g/mol. The molecule has 2 aromatic heterocycles. The number of aromatic nitrogens is 4. The maximum Gasteiger partial charge on any atom is 0.325 e. The lowest BCUT2D eigenvalue weighted by atomic mass is 10.3. The van der Waals surface area contributed by atoms with E-state index in [0.29, 0.717) is 16.4 Å². The zero-order valence-corrected chi connectivity index (χ0v) is 11.5. The van der Waals surface area contributed by atoms with Gasteiger partial charge in [-0.2, -0.15) is 0 Å². The number of nitrogens with zero attached hydrogens (tertiary/aromatic N) is 3. The van der Waals surface area contributed by atoms with E-state index < -0.39 is 12.0 Å². The van der Waals surface area contributed by atoms with Gasteiger partial charge in [-0.15, -0.1) is 11.8 Å². The molecule has 2 heterocycles. The molecule has 1 unspecified atom stereocenters. The van der Waals surface area contributed by atoms with Crippen molar-refractivity contribution in [3.63, 3.8) is 0 Å². The maximum atomic E-state index is 11.5. The van der Waals surface area contributed by atoms with Crippen LogP contribution in [0.3, 0.4) is 0 Å². The van der Waals surface area contributed by atoms with E-state index in [9.17, 15) is 9.59 Å². The molecule has 2 rings (SSSR count). The van der Waals surface area contributed by atoms with Crippen LogP contribution in [0.1, 0.15) is 13.3 Å². The summed E-state index contributed by atoms with van der Waals surface area (Å²) in [6.45, 7) is 1.42. The summed E-state index contributed by atoms with van der Waals surface area (Å²) in [7, 11) is 0. The SMILES string of the molecule is CC(NC(=O)CCSc1ncnc2nc[nH]c12)C(=O)O. The van der Waals surface area contributed by atoms with Crippen LogP contribution in [0, 0.1) is 0 Å². The van der Waals surface area contributed by atoms with Crippen molar-refractivity contribution >= 4 is 34.8 Å². The Morgan fingerprint density at radius 3 is 3.00 bits per heavy atom. The normalized spacial score (nSPS) is 12.2. The lowest BCUT2D eigenvalue weighted by Crippen LogP contribution is -2.38. The number of aromatic amines is 1. The third kappa shape index (κ3) is 3.44. The molecule has 3 N–H and O–H groups in total. The molecule has 0 saturated heterocycles. The second-order valence-corrected chi connectivity index (χ2v) is 5.09. The molecule has 2 aromatic rings. The zero-order chi connectivity index (χ0) is 14.5. The lowest BCUT2D eigenvalue weighted by molar-refractivity contribution is -0.141. The topological polar surface area (TPSA) is 121 Å². The van der Waals surface area contributed by atoms with Crippen LogP contribution < -0.4 is 5.32 Å². The molecule has 8 nitrogen and oxygen atoms in total. The van der Waals surface area contributed by atoms with Gasteiger partial charge in [0.05, 0.1) is 6.33 Å². The number of carbonyl (C=O) groups is 2. The van der Waals surface area contributed by atoms with Crippen molar-refractivity contribution in [2.75, 3.05) is 5.75 Å². The number of hydrogen-bond acceptors (Lipinski definition) is 6. The first kappa shape index (κ1) is 14.3. The molecular formula is C11H13N5O3S. The number of thioether (sulfide) groups is 1. The fourth-order valence-corrected chi connectivity index (χ4v) is 2.37. The molecule has 0 saturated carbocycles. The summed E-state index contributed by atoms with van der Waals surface area (Å²) in [5.74, 6) is -0.869. The van der Waals surface area contributed by atoms with E-state index in [0.717, 1.165) is 5.52 Å². The van der Waals surface area contributed by atoms with E-state index in [1.165, 1.54) is 31.3 Å². The Balaban J connectivity index is 1.85. The van der Waals surface area contributed by atoms with Crippen LogP contribution >= 0.6 is 11.8 Å². The summed E-state index contributed by atoms with van der Waals surface area (Å²) >= 11 is 1.39. The van der Waals surface area contributed by atoms with Gasteiger partial charge >= 0.3 is 5.97 Å². The Morgan fingerprint density at radius 2 is 2.25 bits per heavy atom. The second-order valence-electron chi connectivity index (χ2n) is 4.01. The fourth-order valence-electron chi connectivity index (χ4n) is 1.47. The average molecular weight is 295 g/mol. The van der Waals surface area contributed by atoms with Crippen LogP contribution in [-0.4, -0.2) is 48.7 Å². The van der Waals surface area contributed by atoms with Crippen LogP contribution in [0.5, 0.6) is 0 Å². The number of carbonyl (C=O) groups excluding carboxylic acids is 1. The summed E-state index contributed by atoms with van der Waals surface area (Å²) in [5.41, 5.74) is 1.31. The van der Waals surface area contributed by atoms with Gasteiger partial charge in [0.1, 0.15) is 22.9 Å². The highest BCUT2D eigenvalue weighted by Gasteiger charge is 2.14. The van der Waals surface area contributed by atoms with Crippen molar-refractivity contribution in [1.82, 2.24) is 25.3 Å². The molecule has 0 spiro atoms. The molecule has 106 valence electrons. The van der Waals surface area contributed by atoms with Gasteiger partial charge in [-0.3, -0.25) is 9.59 Å². The highest BCUT2D eigenvalue weighted by molar-refractivity contribution is 7.99. The van der Waals surface area contributed by atoms with Gasteiger partial charge in [0.25, 0.3) is 0 Å². The van der Waals surface area contributed by atoms with Crippen molar-refractivity contribution in [1.29, 1.82) is 0 Å². The number of carboxylic acids is 1. The minimum atomic E-state index is -1.05. The van der Waals surface area contributed by atoms with E-state index in [4.69, 9.17) is 5.11 Å². The highest BCUT2D eigenvalue weighted by atomic mass is 32.2. The van der Waals surface area contributed by atoms with Gasteiger partial charge in [0, 0.05) is 12.2 Å². The molecule has 0 aliphatic carbocycles. The highest BCUT2D eigenvalue weighted by Crippen LogP contribution is 2.22. The third-order valence-corrected chi connectivity index (χ3v) is 3.50. The van der Waals surface area contributed by atoms with Crippen molar-refractivity contribution in [2.24, 2.45) is 0 Å². The van der Waals surface area contributed by atoms with Gasteiger partial charge in [-0.05, 0) is 6.92 Å². The Morgan fingerprint density at radius 1 is 1.45 bits per heavy atom. The Hall–Kier alpha value is -2.16. The van der Waals surface area contributed by atoms with E-state index in [-0.39, 0.29) is 12.3 Å². The van der Waals surface area contributed by atoms with Crippen LogP contribution in [0.2, 0.25) is 0 Å². The van der Waals surface area contributed by atoms with Gasteiger partial charge in [0.15, 0.2) is 5.65 Å². The molecule has 0 fully saturated rings. The number of hydrogen-bond donors (Lipinski definition) is 3. The predicted molar refractivity (Wildman–Crippen MR) is 72.3 cm³/mol. The number of carboxylic acid groups (broad SMARTS) is 1. The lowest BCUT2D eigenvalue weighted by Gasteiger charge is -2.08. The van der Waals surface area contributed by atoms with E-state index >= 15 is 0 Å². The molecule has 1 atom stereocenters. The number of rotatable bonds is 6. The van der Waals surface area contributed by atoms with E-state index in [1.54, 1.807) is 0 Å². The number of H-pyrrole nitrogens is 1. The first-order valence-corrected chi connectivity index (χ1v) is 6.85. The molecule has 0 aliphatic heterocycles. The standard InChI is InChI=1S/C11H13N5O3S/c1-6(11(18)19)16-7(17)2-3-20-10-8-9(13-4-12-8)14-5-15-10/h4-6H,2-3H2,1H3,(H,16,17)(H,18,19)(H,12,13,14,15). The summed E-state index contributed by atoms with van der Waals surface area (Å²) in [6.07, 6.45) is 3.16. The Bertz CT molecular complexity index is 629. The van der Waals surface area contributed by atoms with Gasteiger partial charge in [-0.1, -0.05) is 0 Å². The third-order valence-electron chi connectivity index (χ3n) is 2.50. The zero-order valence-electron chi connectivity index (χ0n) is 10.7. The molecule has 1 amide bonds. The molecule has 0 aromatic carbocycles. The predicted octanol–water partition coefficient (Wildman–Crippen LogP) is 0.424. The number of amides is 1. The number of fused-ring (bicyclic) bond motifs is 1. The summed E-state index contributed by atoms with van der Waals surface area (Å²) in [5, 5.41) is 11.8. The minimum Gasteiger partial charge on any atom is -0.480 e. The van der Waals surface area contributed by atoms with Gasteiger partial charge in [0.2, 0.25) is 5.91 Å². The summed E-state index contributed by atoms with van der Waals surface area (Å²) in [6, 6.07) is -0.883. The fraction of sp³-hybridized carbons (Fsp3) is 0.364. The number of nitrogens with one attached hydrogen (secondary N) is 2. The van der Waals surface area contributed by atoms with Gasteiger partial charge < -0.3 is 15.4 Å². The maximum absolute atomic E-state index is 11.5. The Labute approximate surface area is 118 Å². The van der Waals surface area contributed by atoms with E-state index in [2.05, 4.69) is 25.3 Å². The van der Waals surface area contributed by atoms with Crippen LogP contribution in [0.15, 0.2) is 17.7 Å². The van der Waals surface area contributed by atoms with Crippen LogP contribution in [0.25, 0.3) is 11.2 Å². The molecule has 0 radical (unpaired) electrons. The molecule has 9 heteroatoms. The molecule has 0 bridgehead atoms. The smallest absolute Gasteiger partial charge is 0.325 e.